The van der Waals surface area contributed by atoms with Gasteiger partial charge in [-0.1, -0.05) is 11.2 Å². The SMILES string of the molecule is O=c1[nH]c([C@H]2C[C@@H]2c2ccc(Br)c(F)c2)no1. The zero-order chi connectivity index (χ0) is 12.0. The van der Waals surface area contributed by atoms with Gasteiger partial charge in [-0.3, -0.25) is 9.51 Å². The van der Waals surface area contributed by atoms with E-state index in [1.165, 1.54) is 6.07 Å². The highest BCUT2D eigenvalue weighted by Crippen LogP contribution is 2.53. The van der Waals surface area contributed by atoms with Gasteiger partial charge >= 0.3 is 5.76 Å². The van der Waals surface area contributed by atoms with Gasteiger partial charge in [0.2, 0.25) is 0 Å². The lowest BCUT2D eigenvalue weighted by Gasteiger charge is -2.00. The predicted molar refractivity (Wildman–Crippen MR) is 61.3 cm³/mol. The number of rotatable bonds is 2. The Morgan fingerprint density at radius 2 is 2.29 bits per heavy atom. The quantitative estimate of drug-likeness (QED) is 0.927. The molecule has 2 aromatic rings. The molecule has 1 aromatic carbocycles. The van der Waals surface area contributed by atoms with Crippen molar-refractivity contribution in [3.05, 3.63) is 50.4 Å². The van der Waals surface area contributed by atoms with Crippen LogP contribution in [0.25, 0.3) is 0 Å². The summed E-state index contributed by atoms with van der Waals surface area (Å²) in [7, 11) is 0. The highest BCUT2D eigenvalue weighted by Gasteiger charge is 2.42. The number of halogens is 2. The lowest BCUT2D eigenvalue weighted by Crippen LogP contribution is -1.96. The largest absolute Gasteiger partial charge is 0.438 e. The van der Waals surface area contributed by atoms with E-state index in [9.17, 15) is 9.18 Å². The number of hydrogen-bond donors (Lipinski definition) is 1. The molecule has 1 saturated carbocycles. The molecule has 1 fully saturated rings. The molecule has 0 spiro atoms. The number of hydrogen-bond acceptors (Lipinski definition) is 3. The summed E-state index contributed by atoms with van der Waals surface area (Å²) in [5.74, 6) is 0.0538. The zero-order valence-corrected chi connectivity index (χ0v) is 10.2. The van der Waals surface area contributed by atoms with Crippen molar-refractivity contribution in [2.75, 3.05) is 0 Å². The smallest absolute Gasteiger partial charge is 0.296 e. The molecular formula is C11H8BrFN2O2. The molecule has 0 unspecified atom stereocenters. The van der Waals surface area contributed by atoms with Crippen molar-refractivity contribution in [2.24, 2.45) is 0 Å². The maximum atomic E-state index is 13.4. The van der Waals surface area contributed by atoms with Gasteiger partial charge in [0.1, 0.15) is 5.82 Å². The molecule has 6 heteroatoms. The fourth-order valence-electron chi connectivity index (χ4n) is 2.01. The van der Waals surface area contributed by atoms with Crippen molar-refractivity contribution in [3.8, 4) is 0 Å². The minimum absolute atomic E-state index is 0.127. The van der Waals surface area contributed by atoms with Crippen molar-refractivity contribution in [1.82, 2.24) is 10.1 Å². The van der Waals surface area contributed by atoms with E-state index in [2.05, 4.69) is 30.6 Å². The molecule has 0 amide bonds. The van der Waals surface area contributed by atoms with Crippen LogP contribution in [0.4, 0.5) is 4.39 Å². The average Bonchev–Trinajstić information content (AvgIpc) is 2.99. The Morgan fingerprint density at radius 1 is 1.47 bits per heavy atom. The first-order valence-corrected chi connectivity index (χ1v) is 5.95. The van der Waals surface area contributed by atoms with E-state index in [-0.39, 0.29) is 17.7 Å². The Kier molecular flexibility index (Phi) is 2.39. The first kappa shape index (κ1) is 10.7. The highest BCUT2D eigenvalue weighted by molar-refractivity contribution is 9.10. The Balaban J connectivity index is 1.84. The molecule has 17 heavy (non-hydrogen) atoms. The normalized spacial score (nSPS) is 22.7. The van der Waals surface area contributed by atoms with E-state index in [0.29, 0.717) is 10.3 Å². The Bertz CT molecular complexity index is 622. The fourth-order valence-corrected chi connectivity index (χ4v) is 2.26. The van der Waals surface area contributed by atoms with Gasteiger partial charge in [0, 0.05) is 5.92 Å². The van der Waals surface area contributed by atoms with Gasteiger partial charge in [-0.2, -0.15) is 0 Å². The van der Waals surface area contributed by atoms with E-state index >= 15 is 0 Å². The third-order valence-corrected chi connectivity index (χ3v) is 3.61. The van der Waals surface area contributed by atoms with Crippen LogP contribution in [0.1, 0.15) is 29.6 Å². The van der Waals surface area contributed by atoms with Gasteiger partial charge in [0.15, 0.2) is 5.82 Å². The van der Waals surface area contributed by atoms with Crippen LogP contribution in [-0.2, 0) is 0 Å². The van der Waals surface area contributed by atoms with Crippen molar-refractivity contribution in [1.29, 1.82) is 0 Å². The van der Waals surface area contributed by atoms with Crippen LogP contribution in [0.2, 0.25) is 0 Å². The van der Waals surface area contributed by atoms with Crippen LogP contribution < -0.4 is 5.76 Å². The summed E-state index contributed by atoms with van der Waals surface area (Å²) in [5.41, 5.74) is 0.916. The summed E-state index contributed by atoms with van der Waals surface area (Å²) >= 11 is 3.11. The number of benzene rings is 1. The van der Waals surface area contributed by atoms with Crippen molar-refractivity contribution >= 4 is 15.9 Å². The average molecular weight is 299 g/mol. The second kappa shape index (κ2) is 3.80. The molecule has 0 radical (unpaired) electrons. The number of aromatic amines is 1. The summed E-state index contributed by atoms with van der Waals surface area (Å²) in [6, 6.07) is 5.06. The lowest BCUT2D eigenvalue weighted by molar-refractivity contribution is 0.381. The summed E-state index contributed by atoms with van der Waals surface area (Å²) in [6.45, 7) is 0. The molecule has 3 rings (SSSR count). The van der Waals surface area contributed by atoms with Crippen LogP contribution in [0.5, 0.6) is 0 Å². The maximum Gasteiger partial charge on any atom is 0.438 e. The predicted octanol–water partition coefficient (Wildman–Crippen LogP) is 2.54. The molecule has 88 valence electrons. The summed E-state index contributed by atoms with van der Waals surface area (Å²) in [4.78, 5) is 13.3. The van der Waals surface area contributed by atoms with E-state index in [4.69, 9.17) is 0 Å². The third-order valence-electron chi connectivity index (χ3n) is 2.97. The monoisotopic (exact) mass is 298 g/mol. The van der Waals surface area contributed by atoms with Gasteiger partial charge in [-0.15, -0.1) is 0 Å². The van der Waals surface area contributed by atoms with Gasteiger partial charge in [-0.05, 0) is 46.0 Å². The number of H-pyrrole nitrogens is 1. The van der Waals surface area contributed by atoms with Gasteiger partial charge < -0.3 is 0 Å². The third kappa shape index (κ3) is 1.93. The van der Waals surface area contributed by atoms with Crippen molar-refractivity contribution in [2.45, 2.75) is 18.3 Å². The molecule has 1 aliphatic carbocycles. The number of nitrogens with one attached hydrogen (secondary N) is 1. The van der Waals surface area contributed by atoms with Crippen LogP contribution in [-0.4, -0.2) is 10.1 Å². The second-order valence-corrected chi connectivity index (χ2v) is 4.96. The minimum Gasteiger partial charge on any atom is -0.296 e. The summed E-state index contributed by atoms with van der Waals surface area (Å²) in [6.07, 6.45) is 0.851. The van der Waals surface area contributed by atoms with Crippen molar-refractivity contribution in [3.63, 3.8) is 0 Å². The number of aromatic nitrogens is 2. The van der Waals surface area contributed by atoms with Crippen LogP contribution in [0.3, 0.4) is 0 Å². The van der Waals surface area contributed by atoms with Crippen LogP contribution in [0, 0.1) is 5.82 Å². The molecule has 1 aromatic heterocycles. The Hall–Kier alpha value is -1.43. The van der Waals surface area contributed by atoms with Gasteiger partial charge in [-0.25, -0.2) is 9.18 Å². The molecule has 2 atom stereocenters. The van der Waals surface area contributed by atoms with E-state index < -0.39 is 5.76 Å². The topological polar surface area (TPSA) is 58.9 Å². The first-order chi connectivity index (χ1) is 8.15. The minimum atomic E-state index is -0.548. The zero-order valence-electron chi connectivity index (χ0n) is 8.61. The summed E-state index contributed by atoms with van der Waals surface area (Å²) in [5, 5.41) is 3.65. The molecule has 0 saturated heterocycles. The Morgan fingerprint density at radius 3 is 2.94 bits per heavy atom. The van der Waals surface area contributed by atoms with E-state index in [0.717, 1.165) is 12.0 Å². The standard InChI is InChI=1S/C11H8BrFN2O2/c12-8-2-1-5(3-9(8)13)6-4-7(6)10-14-11(16)17-15-10/h1-3,6-7H,4H2,(H,14,15,16)/t6-,7+/m1/s1. The molecule has 0 aliphatic heterocycles. The van der Waals surface area contributed by atoms with Crippen molar-refractivity contribution < 1.29 is 8.91 Å². The Labute approximate surface area is 104 Å². The van der Waals surface area contributed by atoms with Gasteiger partial charge in [0.25, 0.3) is 0 Å². The first-order valence-electron chi connectivity index (χ1n) is 5.16. The van der Waals surface area contributed by atoms with Gasteiger partial charge in [0.05, 0.1) is 4.47 Å². The second-order valence-electron chi connectivity index (χ2n) is 4.10. The fraction of sp³-hybridized carbons (Fsp3) is 0.273. The van der Waals surface area contributed by atoms with Crippen LogP contribution >= 0.6 is 15.9 Å². The van der Waals surface area contributed by atoms with Crippen LogP contribution in [0.15, 0.2) is 32.0 Å². The van der Waals surface area contributed by atoms with E-state index in [1.54, 1.807) is 6.07 Å². The molecule has 0 bridgehead atoms. The van der Waals surface area contributed by atoms with E-state index in [1.807, 2.05) is 6.07 Å². The summed E-state index contributed by atoms with van der Waals surface area (Å²) < 4.78 is 18.3. The molecule has 1 aliphatic rings. The maximum absolute atomic E-state index is 13.4. The molecule has 1 heterocycles. The molecule has 1 N–H and O–H groups in total. The number of nitrogens with zero attached hydrogens (tertiary/aromatic N) is 1. The lowest BCUT2D eigenvalue weighted by atomic mass is 10.1. The molecule has 4 nitrogen and oxygen atoms in total. The highest BCUT2D eigenvalue weighted by atomic mass is 79.9. The molecular weight excluding hydrogens is 291 g/mol.